The summed E-state index contributed by atoms with van der Waals surface area (Å²) in [4.78, 5) is 2.59. The summed E-state index contributed by atoms with van der Waals surface area (Å²) in [7, 11) is 0. The Bertz CT molecular complexity index is 119. The molecule has 1 rings (SSSR count). The van der Waals surface area contributed by atoms with Crippen LogP contribution in [-0.2, 0) is 0 Å². The third-order valence-electron chi connectivity index (χ3n) is 2.21. The quantitative estimate of drug-likeness (QED) is 0.553. The minimum atomic E-state index is 0.842. The van der Waals surface area contributed by atoms with Crippen molar-refractivity contribution in [2.75, 3.05) is 31.1 Å². The molecule has 0 bridgehead atoms. The predicted octanol–water partition coefficient (Wildman–Crippen LogP) is 2.13. The van der Waals surface area contributed by atoms with Crippen LogP contribution in [0.5, 0.6) is 0 Å². The first kappa shape index (κ1) is 10.7. The summed E-state index contributed by atoms with van der Waals surface area (Å²) in [6, 6.07) is 0. The summed E-state index contributed by atoms with van der Waals surface area (Å²) in [5.74, 6) is 2.36. The lowest BCUT2D eigenvalue weighted by Crippen LogP contribution is -2.37. The van der Waals surface area contributed by atoms with Crippen LogP contribution >= 0.6 is 24.4 Å². The van der Waals surface area contributed by atoms with Crippen molar-refractivity contribution in [1.29, 1.82) is 0 Å². The van der Waals surface area contributed by atoms with Crippen LogP contribution < -0.4 is 0 Å². The van der Waals surface area contributed by atoms with E-state index in [1.165, 1.54) is 38.2 Å². The first-order valence-corrected chi connectivity index (χ1v) is 6.46. The molecule has 1 fully saturated rings. The van der Waals surface area contributed by atoms with Crippen LogP contribution in [0.25, 0.3) is 0 Å². The number of thiol groups is 1. The molecule has 0 spiro atoms. The van der Waals surface area contributed by atoms with Crippen LogP contribution in [0.4, 0.5) is 0 Å². The van der Waals surface area contributed by atoms with E-state index in [-0.39, 0.29) is 0 Å². The Labute approximate surface area is 85.7 Å². The number of hydrogen-bond donors (Lipinski definition) is 1. The minimum Gasteiger partial charge on any atom is -0.301 e. The Balaban J connectivity index is 2.06. The van der Waals surface area contributed by atoms with Crippen molar-refractivity contribution in [2.24, 2.45) is 0 Å². The van der Waals surface area contributed by atoms with E-state index in [1.807, 2.05) is 0 Å². The highest BCUT2D eigenvalue weighted by Crippen LogP contribution is 2.17. The molecule has 12 heavy (non-hydrogen) atoms. The smallest absolute Gasteiger partial charge is 0.0147 e. The van der Waals surface area contributed by atoms with Crippen LogP contribution in [0.3, 0.4) is 0 Å². The van der Waals surface area contributed by atoms with Gasteiger partial charge in [-0.3, -0.25) is 0 Å². The second-order valence-corrected chi connectivity index (χ2v) is 5.41. The van der Waals surface area contributed by atoms with Gasteiger partial charge in [0.05, 0.1) is 0 Å². The molecule has 1 atom stereocenters. The average Bonchev–Trinajstić information content (AvgIpc) is 2.05. The Morgan fingerprint density at radius 3 is 3.00 bits per heavy atom. The Kier molecular flexibility index (Phi) is 5.52. The molecule has 1 saturated heterocycles. The van der Waals surface area contributed by atoms with E-state index in [1.54, 1.807) is 0 Å². The molecule has 0 amide bonds. The third kappa shape index (κ3) is 4.06. The van der Waals surface area contributed by atoms with E-state index in [9.17, 15) is 0 Å². The van der Waals surface area contributed by atoms with Gasteiger partial charge in [0.25, 0.3) is 0 Å². The molecule has 3 heteroatoms. The lowest BCUT2D eigenvalue weighted by atomic mass is 10.3. The maximum Gasteiger partial charge on any atom is 0.0147 e. The standard InChI is InChI=1S/C9H19NS2/c1-9-8-10(5-7-12-9)4-2-3-6-11/h9,11H,2-8H2,1H3. The maximum atomic E-state index is 4.21. The second kappa shape index (κ2) is 6.17. The van der Waals surface area contributed by atoms with Gasteiger partial charge in [0.15, 0.2) is 0 Å². The van der Waals surface area contributed by atoms with Crippen molar-refractivity contribution in [3.63, 3.8) is 0 Å². The van der Waals surface area contributed by atoms with Crippen LogP contribution in [0, 0.1) is 0 Å². The highest BCUT2D eigenvalue weighted by Gasteiger charge is 2.15. The fourth-order valence-corrected chi connectivity index (χ4v) is 2.85. The Morgan fingerprint density at radius 1 is 1.50 bits per heavy atom. The van der Waals surface area contributed by atoms with Crippen molar-refractivity contribution in [1.82, 2.24) is 4.90 Å². The molecule has 1 nitrogen and oxygen atoms in total. The third-order valence-corrected chi connectivity index (χ3v) is 3.66. The first-order chi connectivity index (χ1) is 5.83. The van der Waals surface area contributed by atoms with Gasteiger partial charge in [-0.1, -0.05) is 6.92 Å². The van der Waals surface area contributed by atoms with E-state index < -0.39 is 0 Å². The molecule has 72 valence electrons. The van der Waals surface area contributed by atoms with Gasteiger partial charge >= 0.3 is 0 Å². The van der Waals surface area contributed by atoms with Gasteiger partial charge in [-0.15, -0.1) is 0 Å². The molecule has 0 radical (unpaired) electrons. The zero-order valence-electron chi connectivity index (χ0n) is 7.83. The SMILES string of the molecule is CC1CN(CCCCS)CCS1. The van der Waals surface area contributed by atoms with Crippen molar-refractivity contribution in [3.8, 4) is 0 Å². The maximum absolute atomic E-state index is 4.21. The van der Waals surface area contributed by atoms with Crippen LogP contribution in [0.1, 0.15) is 19.8 Å². The largest absolute Gasteiger partial charge is 0.301 e. The molecule has 0 aliphatic carbocycles. The molecule has 1 heterocycles. The molecule has 0 saturated carbocycles. The van der Waals surface area contributed by atoms with Gasteiger partial charge in [-0.05, 0) is 25.1 Å². The lowest BCUT2D eigenvalue weighted by molar-refractivity contribution is 0.282. The molecule has 1 unspecified atom stereocenters. The average molecular weight is 205 g/mol. The predicted molar refractivity (Wildman–Crippen MR) is 61.4 cm³/mol. The topological polar surface area (TPSA) is 3.24 Å². The van der Waals surface area contributed by atoms with Gasteiger partial charge in [0.2, 0.25) is 0 Å². The van der Waals surface area contributed by atoms with Crippen molar-refractivity contribution < 1.29 is 0 Å². The first-order valence-electron chi connectivity index (χ1n) is 4.77. The normalized spacial score (nSPS) is 26.0. The summed E-state index contributed by atoms with van der Waals surface area (Å²) in [5, 5.41) is 0.842. The highest BCUT2D eigenvalue weighted by atomic mass is 32.2. The molecule has 0 N–H and O–H groups in total. The number of unbranched alkanes of at least 4 members (excludes halogenated alkanes) is 1. The summed E-state index contributed by atoms with van der Waals surface area (Å²) in [6.45, 7) is 6.19. The van der Waals surface area contributed by atoms with Gasteiger partial charge in [-0.25, -0.2) is 0 Å². The second-order valence-electron chi connectivity index (χ2n) is 3.41. The number of hydrogen-bond acceptors (Lipinski definition) is 3. The van der Waals surface area contributed by atoms with E-state index in [4.69, 9.17) is 0 Å². The van der Waals surface area contributed by atoms with Gasteiger partial charge < -0.3 is 4.90 Å². The van der Waals surface area contributed by atoms with E-state index in [0.29, 0.717) is 0 Å². The van der Waals surface area contributed by atoms with Crippen LogP contribution in [-0.4, -0.2) is 41.3 Å². The molecular formula is C9H19NS2. The summed E-state index contributed by atoms with van der Waals surface area (Å²) in [5.41, 5.74) is 0. The van der Waals surface area contributed by atoms with E-state index >= 15 is 0 Å². The molecule has 0 aromatic carbocycles. The Hall–Kier alpha value is 0.660. The fraction of sp³-hybridized carbons (Fsp3) is 1.00. The fourth-order valence-electron chi connectivity index (χ4n) is 1.54. The number of nitrogens with zero attached hydrogens (tertiary/aromatic N) is 1. The Morgan fingerprint density at radius 2 is 2.33 bits per heavy atom. The monoisotopic (exact) mass is 205 g/mol. The van der Waals surface area contributed by atoms with Gasteiger partial charge in [-0.2, -0.15) is 24.4 Å². The van der Waals surface area contributed by atoms with Gasteiger partial charge in [0.1, 0.15) is 0 Å². The summed E-state index contributed by atoms with van der Waals surface area (Å²) in [6.07, 6.45) is 2.59. The van der Waals surface area contributed by atoms with Crippen molar-refractivity contribution in [2.45, 2.75) is 25.0 Å². The highest BCUT2D eigenvalue weighted by molar-refractivity contribution is 7.99. The molecule has 1 aliphatic heterocycles. The molecular weight excluding hydrogens is 186 g/mol. The van der Waals surface area contributed by atoms with Crippen molar-refractivity contribution >= 4 is 24.4 Å². The lowest BCUT2D eigenvalue weighted by Gasteiger charge is -2.30. The van der Waals surface area contributed by atoms with E-state index in [2.05, 4.69) is 36.2 Å². The summed E-state index contributed by atoms with van der Waals surface area (Å²) >= 11 is 6.32. The zero-order chi connectivity index (χ0) is 8.81. The molecule has 1 aliphatic rings. The number of rotatable bonds is 4. The van der Waals surface area contributed by atoms with Crippen molar-refractivity contribution in [3.05, 3.63) is 0 Å². The summed E-state index contributed by atoms with van der Waals surface area (Å²) < 4.78 is 0. The molecule has 0 aromatic heterocycles. The number of thioether (sulfide) groups is 1. The van der Waals surface area contributed by atoms with Crippen LogP contribution in [0.2, 0.25) is 0 Å². The molecule has 0 aromatic rings. The van der Waals surface area contributed by atoms with Crippen LogP contribution in [0.15, 0.2) is 0 Å². The minimum absolute atomic E-state index is 0.842. The zero-order valence-corrected chi connectivity index (χ0v) is 9.54. The van der Waals surface area contributed by atoms with Gasteiger partial charge in [0, 0.05) is 24.1 Å². The van der Waals surface area contributed by atoms with E-state index in [0.717, 1.165) is 11.0 Å².